The van der Waals surface area contributed by atoms with Crippen LogP contribution >= 0.6 is 11.3 Å². The molecular weight excluding hydrogens is 272 g/mol. The summed E-state index contributed by atoms with van der Waals surface area (Å²) in [7, 11) is 0. The van der Waals surface area contributed by atoms with E-state index in [9.17, 15) is 4.79 Å². The number of anilines is 3. The number of rotatable bonds is 3. The predicted octanol–water partition coefficient (Wildman–Crippen LogP) is 2.32. The topological polar surface area (TPSA) is 57.3 Å². The van der Waals surface area contributed by atoms with Gasteiger partial charge in [0.1, 0.15) is 0 Å². The first-order valence-electron chi connectivity index (χ1n) is 6.52. The van der Waals surface area contributed by atoms with Crippen LogP contribution in [0.5, 0.6) is 0 Å². The van der Waals surface area contributed by atoms with Crippen molar-refractivity contribution in [3.8, 4) is 0 Å². The molecule has 104 valence electrons. The Morgan fingerprint density at radius 1 is 1.50 bits per heavy atom. The average Bonchev–Trinajstić information content (AvgIpc) is 2.84. The molecule has 0 fully saturated rings. The maximum atomic E-state index is 12.1. The molecule has 0 saturated heterocycles. The van der Waals surface area contributed by atoms with Crippen LogP contribution in [0.1, 0.15) is 5.69 Å². The lowest BCUT2D eigenvalue weighted by atomic mass is 10.2. The van der Waals surface area contributed by atoms with Crippen molar-refractivity contribution in [1.82, 2.24) is 4.98 Å². The molecule has 0 unspecified atom stereocenters. The fourth-order valence-corrected chi connectivity index (χ4v) is 2.96. The van der Waals surface area contributed by atoms with E-state index >= 15 is 0 Å². The highest BCUT2D eigenvalue weighted by Gasteiger charge is 2.18. The van der Waals surface area contributed by atoms with Gasteiger partial charge in [-0.05, 0) is 19.1 Å². The van der Waals surface area contributed by atoms with Gasteiger partial charge in [0.2, 0.25) is 5.91 Å². The first kappa shape index (κ1) is 12.9. The number of benzene rings is 1. The summed E-state index contributed by atoms with van der Waals surface area (Å²) in [5.74, 6) is -0.0314. The molecule has 5 nitrogen and oxygen atoms in total. The van der Waals surface area contributed by atoms with E-state index in [0.717, 1.165) is 30.2 Å². The highest BCUT2D eigenvalue weighted by molar-refractivity contribution is 7.13. The Labute approximate surface area is 121 Å². The zero-order chi connectivity index (χ0) is 13.9. The molecule has 0 bridgehead atoms. The molecule has 0 spiro atoms. The molecule has 0 saturated carbocycles. The summed E-state index contributed by atoms with van der Waals surface area (Å²) in [6, 6.07) is 8.04. The molecule has 1 aromatic carbocycles. The van der Waals surface area contributed by atoms with E-state index in [1.165, 1.54) is 11.3 Å². The van der Waals surface area contributed by atoms with E-state index in [2.05, 4.69) is 20.5 Å². The monoisotopic (exact) mass is 288 g/mol. The number of para-hydroxylation sites is 2. The highest BCUT2D eigenvalue weighted by Crippen LogP contribution is 2.28. The zero-order valence-corrected chi connectivity index (χ0v) is 12.0. The zero-order valence-electron chi connectivity index (χ0n) is 11.2. The fourth-order valence-electron chi connectivity index (χ4n) is 2.25. The third kappa shape index (κ3) is 2.75. The molecule has 2 N–H and O–H groups in total. The van der Waals surface area contributed by atoms with Crippen molar-refractivity contribution in [3.63, 3.8) is 0 Å². The number of hydrogen-bond acceptors (Lipinski definition) is 5. The largest absolute Gasteiger partial charge is 0.382 e. The van der Waals surface area contributed by atoms with Gasteiger partial charge in [-0.3, -0.25) is 4.79 Å². The van der Waals surface area contributed by atoms with Gasteiger partial charge in [0, 0.05) is 18.5 Å². The molecule has 1 amide bonds. The Morgan fingerprint density at radius 3 is 3.15 bits per heavy atom. The van der Waals surface area contributed by atoms with Crippen molar-refractivity contribution in [3.05, 3.63) is 35.3 Å². The van der Waals surface area contributed by atoms with Crippen LogP contribution in [-0.4, -0.2) is 30.5 Å². The van der Waals surface area contributed by atoms with Crippen molar-refractivity contribution in [1.29, 1.82) is 0 Å². The van der Waals surface area contributed by atoms with E-state index in [0.29, 0.717) is 11.7 Å². The van der Waals surface area contributed by atoms with Crippen LogP contribution in [0.15, 0.2) is 29.6 Å². The minimum absolute atomic E-state index is 0.0314. The van der Waals surface area contributed by atoms with E-state index in [-0.39, 0.29) is 5.91 Å². The lowest BCUT2D eigenvalue weighted by Crippen LogP contribution is -2.39. The second-order valence-electron chi connectivity index (χ2n) is 4.71. The van der Waals surface area contributed by atoms with Crippen molar-refractivity contribution < 1.29 is 4.79 Å². The van der Waals surface area contributed by atoms with E-state index in [1.54, 1.807) is 0 Å². The van der Waals surface area contributed by atoms with Crippen molar-refractivity contribution in [2.75, 3.05) is 35.2 Å². The Balaban J connectivity index is 1.68. The SMILES string of the molecule is Cc1csc(NC(=O)CN2CCNc3ccccc32)n1. The Morgan fingerprint density at radius 2 is 2.35 bits per heavy atom. The van der Waals surface area contributed by atoms with Crippen molar-refractivity contribution in [2.24, 2.45) is 0 Å². The molecular formula is C14H16N4OS. The quantitative estimate of drug-likeness (QED) is 0.910. The lowest BCUT2D eigenvalue weighted by Gasteiger charge is -2.31. The molecule has 1 aliphatic heterocycles. The summed E-state index contributed by atoms with van der Waals surface area (Å²) in [5, 5.41) is 8.77. The van der Waals surface area contributed by atoms with Gasteiger partial charge in [0.05, 0.1) is 23.6 Å². The van der Waals surface area contributed by atoms with Gasteiger partial charge >= 0.3 is 0 Å². The van der Waals surface area contributed by atoms with Gasteiger partial charge in [-0.25, -0.2) is 4.98 Å². The van der Waals surface area contributed by atoms with E-state index in [1.807, 2.05) is 36.6 Å². The normalized spacial score (nSPS) is 13.6. The Bertz CT molecular complexity index is 625. The fraction of sp³-hybridized carbons (Fsp3) is 0.286. The van der Waals surface area contributed by atoms with Crippen LogP contribution in [0.4, 0.5) is 16.5 Å². The summed E-state index contributed by atoms with van der Waals surface area (Å²) < 4.78 is 0. The van der Waals surface area contributed by atoms with Crippen molar-refractivity contribution in [2.45, 2.75) is 6.92 Å². The molecule has 6 heteroatoms. The number of thiazole rings is 1. The number of hydrogen-bond donors (Lipinski definition) is 2. The maximum Gasteiger partial charge on any atom is 0.245 e. The van der Waals surface area contributed by atoms with Crippen LogP contribution < -0.4 is 15.5 Å². The predicted molar refractivity (Wildman–Crippen MR) is 82.6 cm³/mol. The minimum atomic E-state index is -0.0314. The van der Waals surface area contributed by atoms with Gasteiger partial charge in [-0.1, -0.05) is 12.1 Å². The van der Waals surface area contributed by atoms with Crippen LogP contribution in [0.25, 0.3) is 0 Å². The number of amides is 1. The van der Waals surface area contributed by atoms with Crippen molar-refractivity contribution >= 4 is 33.8 Å². The van der Waals surface area contributed by atoms with E-state index in [4.69, 9.17) is 0 Å². The number of carbonyl (C=O) groups is 1. The Hall–Kier alpha value is -2.08. The summed E-state index contributed by atoms with van der Waals surface area (Å²) >= 11 is 1.45. The number of fused-ring (bicyclic) bond motifs is 1. The number of nitrogens with zero attached hydrogens (tertiary/aromatic N) is 2. The van der Waals surface area contributed by atoms with E-state index < -0.39 is 0 Å². The standard InChI is InChI=1S/C14H16N4OS/c1-10-9-20-14(16-10)17-13(19)8-18-7-6-15-11-4-2-3-5-12(11)18/h2-5,9,15H,6-8H2,1H3,(H,16,17,19). The average molecular weight is 288 g/mol. The van der Waals surface area contributed by atoms with Crippen LogP contribution in [-0.2, 0) is 4.79 Å². The summed E-state index contributed by atoms with van der Waals surface area (Å²) in [6.45, 7) is 3.93. The minimum Gasteiger partial charge on any atom is -0.382 e. The molecule has 3 rings (SSSR count). The van der Waals surface area contributed by atoms with Gasteiger partial charge in [-0.15, -0.1) is 11.3 Å². The number of carbonyl (C=O) groups excluding carboxylic acids is 1. The molecule has 1 aromatic heterocycles. The molecule has 1 aliphatic rings. The first-order chi connectivity index (χ1) is 9.72. The molecule has 2 aromatic rings. The summed E-state index contributed by atoms with van der Waals surface area (Å²) in [4.78, 5) is 18.4. The first-order valence-corrected chi connectivity index (χ1v) is 7.40. The van der Waals surface area contributed by atoms with Crippen LogP contribution in [0.2, 0.25) is 0 Å². The van der Waals surface area contributed by atoms with Gasteiger partial charge in [0.25, 0.3) is 0 Å². The number of aromatic nitrogens is 1. The third-order valence-electron chi connectivity index (χ3n) is 3.14. The molecule has 2 heterocycles. The van der Waals surface area contributed by atoms with Gasteiger partial charge in [0.15, 0.2) is 5.13 Å². The number of aryl methyl sites for hydroxylation is 1. The maximum absolute atomic E-state index is 12.1. The molecule has 0 atom stereocenters. The summed E-state index contributed by atoms with van der Waals surface area (Å²) in [6.07, 6.45) is 0. The van der Waals surface area contributed by atoms with Crippen LogP contribution in [0.3, 0.4) is 0 Å². The molecule has 0 aliphatic carbocycles. The smallest absolute Gasteiger partial charge is 0.245 e. The molecule has 0 radical (unpaired) electrons. The summed E-state index contributed by atoms with van der Waals surface area (Å²) in [5.41, 5.74) is 3.08. The highest BCUT2D eigenvalue weighted by atomic mass is 32.1. The van der Waals surface area contributed by atoms with Gasteiger partial charge in [-0.2, -0.15) is 0 Å². The third-order valence-corrected chi connectivity index (χ3v) is 4.02. The second-order valence-corrected chi connectivity index (χ2v) is 5.57. The Kier molecular flexibility index (Phi) is 3.56. The van der Waals surface area contributed by atoms with Crippen LogP contribution in [0, 0.1) is 6.92 Å². The molecule has 20 heavy (non-hydrogen) atoms. The second kappa shape index (κ2) is 5.50. The lowest BCUT2D eigenvalue weighted by molar-refractivity contribution is -0.115. The number of nitrogens with one attached hydrogen (secondary N) is 2. The van der Waals surface area contributed by atoms with Gasteiger partial charge < -0.3 is 15.5 Å².